The summed E-state index contributed by atoms with van der Waals surface area (Å²) >= 11 is 0. The molecule has 2 aromatic carbocycles. The zero-order chi connectivity index (χ0) is 29.9. The topological polar surface area (TPSA) is 114 Å². The summed E-state index contributed by atoms with van der Waals surface area (Å²) in [5.41, 5.74) is 2.37. The number of amides is 3. The van der Waals surface area contributed by atoms with Gasteiger partial charge in [-0.15, -0.1) is 0 Å². The van der Waals surface area contributed by atoms with Crippen molar-refractivity contribution in [2.45, 2.75) is 71.0 Å². The number of hydrogen-bond donors (Lipinski definition) is 1. The number of nitrogens with one attached hydrogen (secondary N) is 1. The predicted molar refractivity (Wildman–Crippen MR) is 161 cm³/mol. The van der Waals surface area contributed by atoms with Crippen molar-refractivity contribution in [1.29, 1.82) is 0 Å². The van der Waals surface area contributed by atoms with Gasteiger partial charge in [0.2, 0.25) is 11.8 Å². The summed E-state index contributed by atoms with van der Waals surface area (Å²) in [7, 11) is 0. The van der Waals surface area contributed by atoms with E-state index in [0.29, 0.717) is 62.7 Å². The number of piperidine rings is 1. The maximum Gasteiger partial charge on any atom is 0.253 e. The Hall–Kier alpha value is -4.47. The first-order valence-corrected chi connectivity index (χ1v) is 15.2. The molecule has 0 unspecified atom stereocenters. The maximum atomic E-state index is 13.9. The van der Waals surface area contributed by atoms with Crippen LogP contribution < -0.4 is 5.32 Å². The van der Waals surface area contributed by atoms with Gasteiger partial charge in [-0.2, -0.15) is 5.10 Å². The number of benzene rings is 2. The van der Waals surface area contributed by atoms with Gasteiger partial charge in [-0.3, -0.25) is 14.4 Å². The van der Waals surface area contributed by atoms with Crippen molar-refractivity contribution in [3.8, 4) is 0 Å². The van der Waals surface area contributed by atoms with Crippen molar-refractivity contribution in [2.24, 2.45) is 0 Å². The molecular formula is C33H38N6O4. The fourth-order valence-electron chi connectivity index (χ4n) is 6.31. The molecule has 0 radical (unpaired) electrons. The van der Waals surface area contributed by atoms with Crippen molar-refractivity contribution in [3.63, 3.8) is 0 Å². The van der Waals surface area contributed by atoms with Crippen molar-refractivity contribution in [3.05, 3.63) is 83.1 Å². The SMILES string of the molecule is Cc1nc2n(n1)CCN(C(=O)c1ccc3oc(C)cc3c1)CCCC(=O)N1CCCC[C@H]1C(=O)N[C@@H]2Cc1ccccc1. The zero-order valence-electron chi connectivity index (χ0n) is 24.8. The average molecular weight is 583 g/mol. The molecule has 10 heteroatoms. The zero-order valence-corrected chi connectivity index (χ0v) is 24.8. The maximum absolute atomic E-state index is 13.9. The molecule has 4 aromatic rings. The molecule has 43 heavy (non-hydrogen) atoms. The Bertz CT molecular complexity index is 1630. The molecule has 0 saturated carbocycles. The van der Waals surface area contributed by atoms with Crippen LogP contribution in [-0.4, -0.2) is 68.0 Å². The molecule has 0 spiro atoms. The number of aryl methyl sites for hydroxylation is 2. The van der Waals surface area contributed by atoms with Crippen LogP contribution in [0.4, 0.5) is 0 Å². The van der Waals surface area contributed by atoms with Gasteiger partial charge in [-0.1, -0.05) is 30.3 Å². The molecule has 10 nitrogen and oxygen atoms in total. The summed E-state index contributed by atoms with van der Waals surface area (Å²) in [5.74, 6) is 1.73. The van der Waals surface area contributed by atoms with Gasteiger partial charge in [-0.25, -0.2) is 9.67 Å². The number of furan rings is 1. The summed E-state index contributed by atoms with van der Waals surface area (Å²) in [4.78, 5) is 49.3. The highest BCUT2D eigenvalue weighted by molar-refractivity contribution is 5.98. The lowest BCUT2D eigenvalue weighted by Gasteiger charge is -2.36. The van der Waals surface area contributed by atoms with Crippen LogP contribution in [0.15, 0.2) is 59.0 Å². The van der Waals surface area contributed by atoms with Gasteiger partial charge >= 0.3 is 0 Å². The van der Waals surface area contributed by atoms with E-state index < -0.39 is 12.1 Å². The second-order valence-electron chi connectivity index (χ2n) is 11.6. The standard InChI is InChI=1S/C33H38N6O4/c1-22-19-26-21-25(13-14-29(26)43-22)33(42)37-15-8-12-30(40)38-16-7-6-11-28(38)32(41)35-27(20-24-9-4-3-5-10-24)31-34-23(2)36-39(31)18-17-37/h3-5,9-10,13-14,19,21,27-28H,6-8,11-12,15-18,20H2,1-2H3,(H,35,41)/t27-,28+/m1/s1. The number of aromatic nitrogens is 3. The monoisotopic (exact) mass is 582 g/mol. The fraction of sp³-hybridized carbons (Fsp3) is 0.424. The normalized spacial score (nSPS) is 20.3. The van der Waals surface area contributed by atoms with Crippen molar-refractivity contribution in [1.82, 2.24) is 29.9 Å². The Labute approximate surface area is 251 Å². The van der Waals surface area contributed by atoms with Gasteiger partial charge in [0, 0.05) is 37.0 Å². The Morgan fingerprint density at radius 1 is 0.977 bits per heavy atom. The number of carbonyl (C=O) groups is 3. The quantitative estimate of drug-likeness (QED) is 0.384. The molecule has 6 rings (SSSR count). The van der Waals surface area contributed by atoms with Crippen LogP contribution in [-0.2, 0) is 22.6 Å². The third-order valence-corrected chi connectivity index (χ3v) is 8.42. The minimum Gasteiger partial charge on any atom is -0.461 e. The van der Waals surface area contributed by atoms with E-state index in [2.05, 4.69) is 10.4 Å². The van der Waals surface area contributed by atoms with Gasteiger partial charge < -0.3 is 19.5 Å². The average Bonchev–Trinajstić information content (AvgIpc) is 3.58. The molecule has 2 aliphatic rings. The molecule has 1 saturated heterocycles. The first kappa shape index (κ1) is 28.6. The highest BCUT2D eigenvalue weighted by atomic mass is 16.3. The molecule has 224 valence electrons. The van der Waals surface area contributed by atoms with Crippen molar-refractivity contribution in [2.75, 3.05) is 19.6 Å². The molecule has 3 amide bonds. The number of hydrogen-bond acceptors (Lipinski definition) is 6. The third-order valence-electron chi connectivity index (χ3n) is 8.42. The van der Waals surface area contributed by atoms with E-state index in [9.17, 15) is 14.4 Å². The summed E-state index contributed by atoms with van der Waals surface area (Å²) in [6.07, 6.45) is 3.69. The lowest BCUT2D eigenvalue weighted by molar-refractivity contribution is -0.142. The molecular weight excluding hydrogens is 544 g/mol. The first-order valence-electron chi connectivity index (χ1n) is 15.2. The Kier molecular flexibility index (Phi) is 8.26. The van der Waals surface area contributed by atoms with Crippen LogP contribution in [0.3, 0.4) is 0 Å². The predicted octanol–water partition coefficient (Wildman–Crippen LogP) is 4.36. The van der Waals surface area contributed by atoms with E-state index in [1.165, 1.54) is 0 Å². The van der Waals surface area contributed by atoms with Crippen LogP contribution in [0.5, 0.6) is 0 Å². The van der Waals surface area contributed by atoms with E-state index in [4.69, 9.17) is 9.40 Å². The fourth-order valence-corrected chi connectivity index (χ4v) is 6.31. The lowest BCUT2D eigenvalue weighted by atomic mass is 9.99. The minimum absolute atomic E-state index is 0.0433. The summed E-state index contributed by atoms with van der Waals surface area (Å²) in [6.45, 7) is 5.47. The van der Waals surface area contributed by atoms with E-state index >= 15 is 0 Å². The summed E-state index contributed by atoms with van der Waals surface area (Å²) < 4.78 is 7.53. The summed E-state index contributed by atoms with van der Waals surface area (Å²) in [6, 6.07) is 16.4. The molecule has 2 aliphatic heterocycles. The second-order valence-corrected chi connectivity index (χ2v) is 11.6. The minimum atomic E-state index is -0.525. The van der Waals surface area contributed by atoms with Crippen LogP contribution in [0.25, 0.3) is 11.0 Å². The number of rotatable bonds is 3. The summed E-state index contributed by atoms with van der Waals surface area (Å²) in [5, 5.41) is 8.80. The van der Waals surface area contributed by atoms with E-state index in [-0.39, 0.29) is 24.1 Å². The van der Waals surface area contributed by atoms with Gasteiger partial charge in [0.05, 0.1) is 12.6 Å². The second kappa shape index (κ2) is 12.4. The number of nitrogens with zero attached hydrogens (tertiary/aromatic N) is 5. The Morgan fingerprint density at radius 2 is 1.81 bits per heavy atom. The number of fused-ring (bicyclic) bond motifs is 3. The first-order chi connectivity index (χ1) is 20.9. The number of carbonyl (C=O) groups excluding carboxylic acids is 3. The Morgan fingerprint density at radius 3 is 2.65 bits per heavy atom. The highest BCUT2D eigenvalue weighted by Crippen LogP contribution is 2.24. The highest BCUT2D eigenvalue weighted by Gasteiger charge is 2.34. The van der Waals surface area contributed by atoms with Crippen LogP contribution in [0.2, 0.25) is 0 Å². The molecule has 4 heterocycles. The molecule has 0 bridgehead atoms. The van der Waals surface area contributed by atoms with Crippen molar-refractivity contribution >= 4 is 28.7 Å². The van der Waals surface area contributed by atoms with E-state index in [1.807, 2.05) is 67.1 Å². The van der Waals surface area contributed by atoms with Gasteiger partial charge in [0.25, 0.3) is 5.91 Å². The van der Waals surface area contributed by atoms with Gasteiger partial charge in [-0.05, 0) is 75.8 Å². The van der Waals surface area contributed by atoms with Crippen LogP contribution in [0.1, 0.15) is 71.5 Å². The van der Waals surface area contributed by atoms with Gasteiger partial charge in [0.15, 0.2) is 0 Å². The molecule has 2 atom stereocenters. The van der Waals surface area contributed by atoms with Crippen LogP contribution in [0, 0.1) is 13.8 Å². The Balaban J connectivity index is 1.34. The van der Waals surface area contributed by atoms with Crippen LogP contribution >= 0.6 is 0 Å². The lowest BCUT2D eigenvalue weighted by Crippen LogP contribution is -2.53. The molecule has 1 N–H and O–H groups in total. The van der Waals surface area contributed by atoms with Crippen molar-refractivity contribution < 1.29 is 18.8 Å². The van der Waals surface area contributed by atoms with Gasteiger partial charge in [0.1, 0.15) is 29.0 Å². The largest absolute Gasteiger partial charge is 0.461 e. The van der Waals surface area contributed by atoms with E-state index in [1.54, 1.807) is 15.9 Å². The third kappa shape index (κ3) is 6.33. The molecule has 0 aliphatic carbocycles. The molecule has 2 aromatic heterocycles. The smallest absolute Gasteiger partial charge is 0.253 e. The van der Waals surface area contributed by atoms with E-state index in [0.717, 1.165) is 35.1 Å². The molecule has 1 fully saturated rings.